The van der Waals surface area contributed by atoms with E-state index in [-0.39, 0.29) is 29.5 Å². The second-order valence-corrected chi connectivity index (χ2v) is 12.0. The first-order valence-corrected chi connectivity index (χ1v) is 14.6. The van der Waals surface area contributed by atoms with Gasteiger partial charge in [-0.15, -0.1) is 0 Å². The van der Waals surface area contributed by atoms with Gasteiger partial charge < -0.3 is 19.4 Å². The van der Waals surface area contributed by atoms with Crippen molar-refractivity contribution in [2.24, 2.45) is 11.1 Å². The monoisotopic (exact) mass is 569 g/mol. The van der Waals surface area contributed by atoms with E-state index in [0.717, 1.165) is 55.6 Å². The van der Waals surface area contributed by atoms with Crippen LogP contribution < -0.4 is 9.88 Å². The minimum absolute atomic E-state index is 0.0541. The van der Waals surface area contributed by atoms with Crippen LogP contribution in [0, 0.1) is 17.6 Å². The molecule has 2 fully saturated rings. The summed E-state index contributed by atoms with van der Waals surface area (Å²) in [6.45, 7) is 4.07. The van der Waals surface area contributed by atoms with Crippen LogP contribution in [0.3, 0.4) is 0 Å². The van der Waals surface area contributed by atoms with Crippen LogP contribution in [0.25, 0.3) is 0 Å². The molecule has 0 spiro atoms. The molecule has 1 aliphatic carbocycles. The number of rotatable bonds is 7. The average molecular weight is 570 g/mol. The lowest BCUT2D eigenvalue weighted by Crippen LogP contribution is -2.36. The third-order valence-electron chi connectivity index (χ3n) is 8.37. The Morgan fingerprint density at radius 1 is 0.975 bits per heavy atom. The lowest BCUT2D eigenvalue weighted by molar-refractivity contribution is 0.0761. The van der Waals surface area contributed by atoms with Gasteiger partial charge in [0, 0.05) is 49.4 Å². The number of carbonyl (C=O) groups excluding carboxylic acids is 2. The minimum Gasteiger partial charge on any atom is -0.477 e. The molecule has 4 heterocycles. The zero-order valence-corrected chi connectivity index (χ0v) is 23.3. The Morgan fingerprint density at radius 2 is 1.62 bits per heavy atom. The predicted molar refractivity (Wildman–Crippen MR) is 147 cm³/mol. The zero-order valence-electron chi connectivity index (χ0n) is 22.5. The maximum absolute atomic E-state index is 14.5. The predicted octanol–water partition coefficient (Wildman–Crippen LogP) is 3.83. The van der Waals surface area contributed by atoms with Crippen molar-refractivity contribution in [2.75, 3.05) is 52.9 Å². The molecule has 0 atom stereocenters. The topological polar surface area (TPSA) is 92.0 Å². The number of carbonyl (C=O) groups is 2. The number of piperidine rings is 1. The average Bonchev–Trinajstić information content (AvgIpc) is 3.63. The first kappa shape index (κ1) is 27.2. The van der Waals surface area contributed by atoms with Crippen LogP contribution in [0.15, 0.2) is 40.3 Å². The number of pyridine rings is 1. The Labute approximate surface area is 236 Å². The molecule has 0 radical (unpaired) electrons. The summed E-state index contributed by atoms with van der Waals surface area (Å²) in [6.07, 6.45) is 4.32. The van der Waals surface area contributed by atoms with Gasteiger partial charge in [0.15, 0.2) is 11.6 Å². The van der Waals surface area contributed by atoms with Crippen LogP contribution in [0.5, 0.6) is 5.88 Å². The van der Waals surface area contributed by atoms with Crippen molar-refractivity contribution >= 4 is 23.8 Å². The smallest absolute Gasteiger partial charge is 0.257 e. The Morgan fingerprint density at radius 3 is 2.25 bits per heavy atom. The summed E-state index contributed by atoms with van der Waals surface area (Å²) in [4.78, 5) is 36.8. The molecule has 6 rings (SSSR count). The highest BCUT2D eigenvalue weighted by Crippen LogP contribution is 2.40. The highest BCUT2D eigenvalue weighted by molar-refractivity contribution is 7.97. The molecule has 0 bridgehead atoms. The molecule has 0 unspecified atom stereocenters. The van der Waals surface area contributed by atoms with Gasteiger partial charge in [0.25, 0.3) is 11.8 Å². The van der Waals surface area contributed by atoms with Crippen molar-refractivity contribution in [3.8, 4) is 5.88 Å². The lowest BCUT2D eigenvalue weighted by Gasteiger charge is -2.28. The van der Waals surface area contributed by atoms with Crippen LogP contribution in [-0.4, -0.2) is 84.4 Å². The van der Waals surface area contributed by atoms with Gasteiger partial charge in [-0.1, -0.05) is 0 Å². The molecule has 212 valence electrons. The summed E-state index contributed by atoms with van der Waals surface area (Å²) in [6, 6.07) is 6.22. The largest absolute Gasteiger partial charge is 0.477 e. The van der Waals surface area contributed by atoms with E-state index >= 15 is 0 Å². The minimum atomic E-state index is -1.19. The molecular formula is C29H33F2N5O3S. The van der Waals surface area contributed by atoms with E-state index in [0.29, 0.717) is 54.9 Å². The van der Waals surface area contributed by atoms with Gasteiger partial charge in [0.1, 0.15) is 0 Å². The first-order valence-electron chi connectivity index (χ1n) is 13.8. The number of benzene rings is 1. The molecule has 40 heavy (non-hydrogen) atoms. The van der Waals surface area contributed by atoms with E-state index in [1.165, 1.54) is 17.0 Å². The van der Waals surface area contributed by atoms with E-state index in [1.807, 2.05) is 6.07 Å². The maximum atomic E-state index is 14.5. The number of nitrogens with two attached hydrogens (primary N) is 1. The van der Waals surface area contributed by atoms with E-state index < -0.39 is 17.5 Å². The fourth-order valence-corrected chi connectivity index (χ4v) is 6.09. The second-order valence-electron chi connectivity index (χ2n) is 11.3. The molecule has 2 N–H and O–H groups in total. The molecule has 1 aromatic heterocycles. The summed E-state index contributed by atoms with van der Waals surface area (Å²) in [5.41, 5.74) is 3.09. The Bertz CT molecular complexity index is 1360. The first-order chi connectivity index (χ1) is 19.3. The molecule has 1 saturated carbocycles. The van der Waals surface area contributed by atoms with E-state index in [2.05, 4.69) is 11.9 Å². The fourth-order valence-electron chi connectivity index (χ4n) is 5.75. The van der Waals surface area contributed by atoms with Crippen molar-refractivity contribution < 1.29 is 23.1 Å². The van der Waals surface area contributed by atoms with E-state index in [1.54, 1.807) is 11.0 Å². The van der Waals surface area contributed by atoms with Gasteiger partial charge in [-0.25, -0.2) is 13.8 Å². The molecule has 2 aromatic rings. The van der Waals surface area contributed by atoms with Gasteiger partial charge in [-0.3, -0.25) is 14.7 Å². The maximum Gasteiger partial charge on any atom is 0.257 e. The fraction of sp³-hybridized carbons (Fsp3) is 0.483. The molecule has 11 heteroatoms. The number of hydrogen-bond donors (Lipinski definition) is 1. The number of halogens is 2. The number of amides is 2. The lowest BCUT2D eigenvalue weighted by atomic mass is 9.98. The Hall–Kier alpha value is -3.02. The molecule has 4 aliphatic rings. The normalized spacial score (nSPS) is 19.9. The molecule has 2 amide bonds. The summed E-state index contributed by atoms with van der Waals surface area (Å²) < 4.78 is 34.8. The standard InChI is InChI=1S/C29H33F2N5O3S/c1-34-8-6-17(7-9-34)16-39-25-11-19(10-23(33-25)18-2-3-18)28(37)35-12-20-14-36(15-21(20)13-35)29(38)22-4-5-24(40-32)27(31)26(22)30/h4-5,10-11,17-18H,2-3,6-9,12-16,32H2,1H3. The Kier molecular flexibility index (Phi) is 7.54. The van der Waals surface area contributed by atoms with E-state index in [4.69, 9.17) is 14.9 Å². The molecule has 1 saturated heterocycles. The third kappa shape index (κ3) is 5.46. The zero-order chi connectivity index (χ0) is 28.0. The summed E-state index contributed by atoms with van der Waals surface area (Å²) in [7, 11) is 2.13. The number of likely N-dealkylation sites (tertiary alicyclic amines) is 1. The molecule has 1 aromatic carbocycles. The second kappa shape index (κ2) is 11.1. The van der Waals surface area contributed by atoms with Crippen molar-refractivity contribution in [2.45, 2.75) is 36.5 Å². The summed E-state index contributed by atoms with van der Waals surface area (Å²) >= 11 is 0.594. The van der Waals surface area contributed by atoms with Gasteiger partial charge in [0.05, 0.1) is 17.1 Å². The number of nitrogens with zero attached hydrogens (tertiary/aromatic N) is 4. The SMILES string of the molecule is CN1CCC(COc2cc(C(=O)N3CC4=C(C3)CN(C(=O)c3ccc(SN)c(F)c3F)C4)cc(C3CC3)n2)CC1. The summed E-state index contributed by atoms with van der Waals surface area (Å²) in [5.74, 6) is -1.61. The van der Waals surface area contributed by atoms with Crippen LogP contribution >= 0.6 is 11.9 Å². The van der Waals surface area contributed by atoms with Crippen LogP contribution in [0.4, 0.5) is 8.78 Å². The third-order valence-corrected chi connectivity index (χ3v) is 8.94. The van der Waals surface area contributed by atoms with Crippen LogP contribution in [0.2, 0.25) is 0 Å². The van der Waals surface area contributed by atoms with Gasteiger partial charge in [0.2, 0.25) is 5.88 Å². The number of ether oxygens (including phenoxy) is 1. The molecular weight excluding hydrogens is 536 g/mol. The van der Waals surface area contributed by atoms with Crippen molar-refractivity contribution in [1.29, 1.82) is 0 Å². The number of aromatic nitrogens is 1. The van der Waals surface area contributed by atoms with Gasteiger partial charge in [-0.05, 0) is 93.0 Å². The summed E-state index contributed by atoms with van der Waals surface area (Å²) in [5, 5.41) is 5.36. The van der Waals surface area contributed by atoms with E-state index in [9.17, 15) is 18.4 Å². The van der Waals surface area contributed by atoms with Gasteiger partial charge >= 0.3 is 0 Å². The van der Waals surface area contributed by atoms with Crippen molar-refractivity contribution in [1.82, 2.24) is 19.7 Å². The molecule has 3 aliphatic heterocycles. The quantitative estimate of drug-likeness (QED) is 0.400. The van der Waals surface area contributed by atoms with Crippen LogP contribution in [-0.2, 0) is 0 Å². The highest BCUT2D eigenvalue weighted by atomic mass is 32.2. The Balaban J connectivity index is 1.10. The molecule has 8 nitrogen and oxygen atoms in total. The van der Waals surface area contributed by atoms with Crippen molar-refractivity contribution in [3.05, 3.63) is 63.9 Å². The van der Waals surface area contributed by atoms with Crippen LogP contribution in [0.1, 0.15) is 58.0 Å². The number of hydrogen-bond acceptors (Lipinski definition) is 7. The van der Waals surface area contributed by atoms with Crippen molar-refractivity contribution in [3.63, 3.8) is 0 Å². The van der Waals surface area contributed by atoms with Gasteiger partial charge in [-0.2, -0.15) is 0 Å². The highest BCUT2D eigenvalue weighted by Gasteiger charge is 2.36.